The van der Waals surface area contributed by atoms with E-state index >= 15 is 0 Å². The lowest BCUT2D eigenvalue weighted by atomic mass is 10.2. The normalized spacial score (nSPS) is 11.3. The van der Waals surface area contributed by atoms with Crippen molar-refractivity contribution in [2.75, 3.05) is 0 Å². The number of hydrogen-bond acceptors (Lipinski definition) is 2. The van der Waals surface area contributed by atoms with Gasteiger partial charge >= 0.3 is 0 Å². The van der Waals surface area contributed by atoms with Crippen LogP contribution in [0.4, 0.5) is 0 Å². The summed E-state index contributed by atoms with van der Waals surface area (Å²) < 4.78 is 0.887. The molecule has 0 aliphatic carbocycles. The molecule has 0 aliphatic heterocycles. The largest absolute Gasteiger partial charge is 0.409 e. The van der Waals surface area contributed by atoms with Gasteiger partial charge in [-0.3, -0.25) is 0 Å². The van der Waals surface area contributed by atoms with Crippen LogP contribution in [0.1, 0.15) is 11.1 Å². The van der Waals surface area contributed by atoms with Gasteiger partial charge in [-0.2, -0.15) is 0 Å². The van der Waals surface area contributed by atoms with E-state index < -0.39 is 0 Å². The number of amidine groups is 1. The minimum absolute atomic E-state index is 0.450. The quantitative estimate of drug-likeness (QED) is 0.395. The van der Waals surface area contributed by atoms with Gasteiger partial charge < -0.3 is 10.5 Å². The summed E-state index contributed by atoms with van der Waals surface area (Å²) in [6.07, 6.45) is 0. The predicted molar refractivity (Wildman–Crippen MR) is 75.7 cm³/mol. The first-order valence-electron chi connectivity index (χ1n) is 5.56. The van der Waals surface area contributed by atoms with Gasteiger partial charge in [-0.1, -0.05) is 69.6 Å². The van der Waals surface area contributed by atoms with Crippen molar-refractivity contribution in [3.05, 3.63) is 70.2 Å². The van der Waals surface area contributed by atoms with Crippen LogP contribution in [0.5, 0.6) is 0 Å². The molecule has 0 atom stereocenters. The molecule has 0 aromatic heterocycles. The SMILES string of the molecule is O/N=C(\NCc1ccccc1)c1ccccc1Br. The first kappa shape index (κ1) is 12.6. The van der Waals surface area contributed by atoms with Gasteiger partial charge in [0.05, 0.1) is 0 Å². The molecule has 0 spiro atoms. The highest BCUT2D eigenvalue weighted by Gasteiger charge is 2.07. The van der Waals surface area contributed by atoms with Crippen LogP contribution < -0.4 is 5.32 Å². The van der Waals surface area contributed by atoms with Crippen LogP contribution in [0.3, 0.4) is 0 Å². The third-order valence-electron chi connectivity index (χ3n) is 2.53. The number of rotatable bonds is 3. The molecule has 0 unspecified atom stereocenters. The molecular weight excluding hydrogens is 292 g/mol. The Bertz CT molecular complexity index is 541. The lowest BCUT2D eigenvalue weighted by Crippen LogP contribution is -2.24. The van der Waals surface area contributed by atoms with Gasteiger partial charge in [-0.05, 0) is 11.6 Å². The van der Waals surface area contributed by atoms with Crippen molar-refractivity contribution in [1.29, 1.82) is 0 Å². The maximum Gasteiger partial charge on any atom is 0.174 e. The Hall–Kier alpha value is -1.81. The van der Waals surface area contributed by atoms with Gasteiger partial charge in [0.2, 0.25) is 0 Å². The van der Waals surface area contributed by atoms with E-state index in [2.05, 4.69) is 26.4 Å². The van der Waals surface area contributed by atoms with E-state index in [0.29, 0.717) is 12.4 Å². The number of nitrogens with zero attached hydrogens (tertiary/aromatic N) is 1. The summed E-state index contributed by atoms with van der Waals surface area (Å²) in [4.78, 5) is 0. The molecular formula is C14H13BrN2O. The fourth-order valence-electron chi connectivity index (χ4n) is 1.62. The highest BCUT2D eigenvalue weighted by atomic mass is 79.9. The smallest absolute Gasteiger partial charge is 0.174 e. The summed E-state index contributed by atoms with van der Waals surface area (Å²) >= 11 is 3.43. The maximum absolute atomic E-state index is 9.09. The van der Waals surface area contributed by atoms with Crippen molar-refractivity contribution in [2.24, 2.45) is 5.16 Å². The van der Waals surface area contributed by atoms with Gasteiger partial charge in [0.15, 0.2) is 5.84 Å². The van der Waals surface area contributed by atoms with Crippen molar-refractivity contribution in [1.82, 2.24) is 5.32 Å². The summed E-state index contributed by atoms with van der Waals surface area (Å²) in [7, 11) is 0. The molecule has 18 heavy (non-hydrogen) atoms. The molecule has 2 aromatic carbocycles. The van der Waals surface area contributed by atoms with E-state index in [1.54, 1.807) is 0 Å². The molecule has 92 valence electrons. The van der Waals surface area contributed by atoms with Gasteiger partial charge in [0.1, 0.15) is 0 Å². The summed E-state index contributed by atoms with van der Waals surface area (Å²) in [5, 5.41) is 15.5. The van der Waals surface area contributed by atoms with E-state index in [4.69, 9.17) is 5.21 Å². The third-order valence-corrected chi connectivity index (χ3v) is 3.22. The standard InChI is InChI=1S/C14H13BrN2O/c15-13-9-5-4-8-12(13)14(17-18)16-10-11-6-2-1-3-7-11/h1-9,18H,10H2,(H,16,17). The number of oxime groups is 1. The van der Waals surface area contributed by atoms with E-state index in [-0.39, 0.29) is 0 Å². The molecule has 2 N–H and O–H groups in total. The van der Waals surface area contributed by atoms with E-state index in [0.717, 1.165) is 15.6 Å². The van der Waals surface area contributed by atoms with Crippen LogP contribution in [0, 0.1) is 0 Å². The Labute approximate surface area is 114 Å². The van der Waals surface area contributed by atoms with Crippen molar-refractivity contribution in [3.63, 3.8) is 0 Å². The van der Waals surface area contributed by atoms with E-state index in [9.17, 15) is 0 Å². The third kappa shape index (κ3) is 3.11. The summed E-state index contributed by atoms with van der Waals surface area (Å²) in [6, 6.07) is 17.6. The maximum atomic E-state index is 9.09. The first-order valence-corrected chi connectivity index (χ1v) is 6.35. The topological polar surface area (TPSA) is 44.6 Å². The minimum Gasteiger partial charge on any atom is -0.409 e. The molecule has 3 nitrogen and oxygen atoms in total. The Kier molecular flexibility index (Phi) is 4.36. The molecule has 0 heterocycles. The lowest BCUT2D eigenvalue weighted by molar-refractivity contribution is 0.317. The van der Waals surface area contributed by atoms with Crippen molar-refractivity contribution >= 4 is 21.8 Å². The second-order valence-corrected chi connectivity index (χ2v) is 4.62. The van der Waals surface area contributed by atoms with Gasteiger partial charge in [-0.15, -0.1) is 0 Å². The van der Waals surface area contributed by atoms with Crippen LogP contribution in [-0.4, -0.2) is 11.0 Å². The number of nitrogens with one attached hydrogen (secondary N) is 1. The second-order valence-electron chi connectivity index (χ2n) is 3.77. The van der Waals surface area contributed by atoms with Crippen molar-refractivity contribution in [3.8, 4) is 0 Å². The number of hydrogen-bond donors (Lipinski definition) is 2. The molecule has 0 aliphatic rings. The average molecular weight is 305 g/mol. The molecule has 0 bridgehead atoms. The molecule has 2 aromatic rings. The van der Waals surface area contributed by atoms with Gasteiger partial charge in [0, 0.05) is 16.6 Å². The first-order chi connectivity index (χ1) is 8.81. The van der Waals surface area contributed by atoms with Crippen LogP contribution in [0.2, 0.25) is 0 Å². The zero-order valence-corrected chi connectivity index (χ0v) is 11.3. The Morgan fingerprint density at radius 3 is 2.39 bits per heavy atom. The van der Waals surface area contributed by atoms with Crippen LogP contribution in [-0.2, 0) is 6.54 Å². The predicted octanol–water partition coefficient (Wildman–Crippen LogP) is 3.37. The molecule has 2 rings (SSSR count). The minimum atomic E-state index is 0.450. The monoisotopic (exact) mass is 304 g/mol. The van der Waals surface area contributed by atoms with Gasteiger partial charge in [-0.25, -0.2) is 0 Å². The molecule has 0 saturated heterocycles. The van der Waals surface area contributed by atoms with Crippen LogP contribution in [0.25, 0.3) is 0 Å². The fraction of sp³-hybridized carbons (Fsp3) is 0.0714. The Morgan fingerprint density at radius 2 is 1.72 bits per heavy atom. The molecule has 0 amide bonds. The van der Waals surface area contributed by atoms with Crippen molar-refractivity contribution < 1.29 is 5.21 Å². The number of benzene rings is 2. The number of halogens is 1. The molecule has 0 saturated carbocycles. The summed E-state index contributed by atoms with van der Waals surface area (Å²) in [6.45, 7) is 0.613. The van der Waals surface area contributed by atoms with E-state index in [1.165, 1.54) is 0 Å². The van der Waals surface area contributed by atoms with Crippen molar-refractivity contribution in [2.45, 2.75) is 6.54 Å². The van der Waals surface area contributed by atoms with E-state index in [1.807, 2.05) is 54.6 Å². The molecule has 0 radical (unpaired) electrons. The van der Waals surface area contributed by atoms with Crippen LogP contribution >= 0.6 is 15.9 Å². The molecule has 0 fully saturated rings. The average Bonchev–Trinajstić information content (AvgIpc) is 2.42. The zero-order chi connectivity index (χ0) is 12.8. The fourth-order valence-corrected chi connectivity index (χ4v) is 2.09. The lowest BCUT2D eigenvalue weighted by Gasteiger charge is -2.09. The summed E-state index contributed by atoms with van der Waals surface area (Å²) in [5.41, 5.74) is 1.96. The summed E-state index contributed by atoms with van der Waals surface area (Å²) in [5.74, 6) is 0.450. The van der Waals surface area contributed by atoms with Gasteiger partial charge in [0.25, 0.3) is 0 Å². The Morgan fingerprint density at radius 1 is 1.06 bits per heavy atom. The zero-order valence-electron chi connectivity index (χ0n) is 9.68. The highest BCUT2D eigenvalue weighted by Crippen LogP contribution is 2.16. The second kappa shape index (κ2) is 6.21. The highest BCUT2D eigenvalue weighted by molar-refractivity contribution is 9.10. The molecule has 4 heteroatoms. The van der Waals surface area contributed by atoms with Crippen LogP contribution in [0.15, 0.2) is 64.2 Å². The Balaban J connectivity index is 2.10.